The molecule has 4 aromatic carbocycles. The van der Waals surface area contributed by atoms with E-state index in [0.717, 1.165) is 33.0 Å². The lowest BCUT2D eigenvalue weighted by Gasteiger charge is -2.36. The molecule has 9 nitrogen and oxygen atoms in total. The summed E-state index contributed by atoms with van der Waals surface area (Å²) < 4.78 is 27.7. The average Bonchev–Trinajstić information content (AvgIpc) is 3.74. The van der Waals surface area contributed by atoms with Crippen molar-refractivity contribution >= 4 is 39.8 Å². The molecule has 6 rings (SSSR count). The Balaban J connectivity index is 1.33. The molecule has 0 saturated heterocycles. The van der Waals surface area contributed by atoms with Crippen LogP contribution in [0.2, 0.25) is 0 Å². The molecule has 0 aliphatic carbocycles. The molecular weight excluding hydrogens is 596 g/mol. The molecule has 5 aromatic rings. The first-order valence-corrected chi connectivity index (χ1v) is 15.7. The SMILES string of the molecule is COC(=O)C[C@H](CC(=O)N(Cc1ccc2ccccc2c1)C(C)C(C/C=C/c1nc2ccccc2o1)c1ccc2c(c1)OCO2)OC. The molecule has 0 fully saturated rings. The molecule has 47 heavy (non-hydrogen) atoms. The number of carbonyl (C=O) groups is 2. The topological polar surface area (TPSA) is 100 Å². The largest absolute Gasteiger partial charge is 0.469 e. The number of fused-ring (bicyclic) bond motifs is 3. The molecule has 1 amide bonds. The second kappa shape index (κ2) is 14.5. The Labute approximate surface area is 273 Å². The fraction of sp³-hybridized carbons (Fsp3) is 0.289. The lowest BCUT2D eigenvalue weighted by Crippen LogP contribution is -2.43. The molecule has 1 aliphatic heterocycles. The smallest absolute Gasteiger partial charge is 0.308 e. The van der Waals surface area contributed by atoms with E-state index in [4.69, 9.17) is 23.4 Å². The van der Waals surface area contributed by atoms with E-state index in [1.165, 1.54) is 14.2 Å². The van der Waals surface area contributed by atoms with E-state index in [9.17, 15) is 9.59 Å². The first-order chi connectivity index (χ1) is 22.9. The second-order valence-electron chi connectivity index (χ2n) is 11.7. The first kappa shape index (κ1) is 31.8. The van der Waals surface area contributed by atoms with Crippen LogP contribution < -0.4 is 9.47 Å². The van der Waals surface area contributed by atoms with Crippen molar-refractivity contribution in [2.75, 3.05) is 21.0 Å². The number of ether oxygens (including phenoxy) is 4. The number of para-hydroxylation sites is 2. The number of amides is 1. The van der Waals surface area contributed by atoms with Gasteiger partial charge in [0.1, 0.15) is 5.52 Å². The third-order valence-electron chi connectivity index (χ3n) is 8.70. The maximum atomic E-state index is 14.2. The van der Waals surface area contributed by atoms with E-state index in [-0.39, 0.29) is 37.5 Å². The molecule has 0 N–H and O–H groups in total. The Morgan fingerprint density at radius 3 is 2.51 bits per heavy atom. The molecule has 1 aliphatic rings. The van der Waals surface area contributed by atoms with Crippen LogP contribution in [0.1, 0.15) is 49.1 Å². The maximum absolute atomic E-state index is 14.2. The highest BCUT2D eigenvalue weighted by Gasteiger charge is 2.31. The van der Waals surface area contributed by atoms with Gasteiger partial charge in [-0.15, -0.1) is 0 Å². The fourth-order valence-corrected chi connectivity index (χ4v) is 6.06. The van der Waals surface area contributed by atoms with Gasteiger partial charge >= 0.3 is 5.97 Å². The number of allylic oxidation sites excluding steroid dienone is 1. The number of hydrogen-bond acceptors (Lipinski definition) is 8. The number of rotatable bonds is 13. The molecule has 3 atom stereocenters. The van der Waals surface area contributed by atoms with Crippen molar-refractivity contribution in [1.82, 2.24) is 9.88 Å². The third-order valence-corrected chi connectivity index (χ3v) is 8.70. The summed E-state index contributed by atoms with van der Waals surface area (Å²) in [6.07, 6.45) is 3.87. The Hall–Kier alpha value is -5.15. The number of carbonyl (C=O) groups excluding carboxylic acids is 2. The predicted molar refractivity (Wildman–Crippen MR) is 179 cm³/mol. The molecule has 1 aromatic heterocycles. The zero-order chi connectivity index (χ0) is 32.8. The van der Waals surface area contributed by atoms with Crippen molar-refractivity contribution in [1.29, 1.82) is 0 Å². The van der Waals surface area contributed by atoms with Gasteiger partial charge in [0.05, 0.1) is 26.1 Å². The summed E-state index contributed by atoms with van der Waals surface area (Å²) in [6, 6.07) is 27.7. The van der Waals surface area contributed by atoms with Crippen molar-refractivity contribution in [3.05, 3.63) is 108 Å². The highest BCUT2D eigenvalue weighted by molar-refractivity contribution is 5.83. The van der Waals surface area contributed by atoms with Crippen molar-refractivity contribution in [2.24, 2.45) is 0 Å². The molecular formula is C38H38N2O7. The number of oxazole rings is 1. The van der Waals surface area contributed by atoms with Crippen LogP contribution in [0.5, 0.6) is 11.5 Å². The molecule has 0 radical (unpaired) electrons. The molecule has 2 unspecified atom stereocenters. The highest BCUT2D eigenvalue weighted by Crippen LogP contribution is 2.38. The molecule has 0 spiro atoms. The summed E-state index contributed by atoms with van der Waals surface area (Å²) in [5.41, 5.74) is 3.51. The Morgan fingerprint density at radius 2 is 1.70 bits per heavy atom. The summed E-state index contributed by atoms with van der Waals surface area (Å²) in [5.74, 6) is 1.18. The van der Waals surface area contributed by atoms with Crippen molar-refractivity contribution in [3.63, 3.8) is 0 Å². The van der Waals surface area contributed by atoms with Crippen molar-refractivity contribution in [2.45, 2.75) is 50.8 Å². The van der Waals surface area contributed by atoms with Gasteiger partial charge < -0.3 is 28.3 Å². The molecule has 2 heterocycles. The summed E-state index contributed by atoms with van der Waals surface area (Å²) in [7, 11) is 2.83. The van der Waals surface area contributed by atoms with Crippen molar-refractivity contribution < 1.29 is 33.0 Å². The molecule has 0 bridgehead atoms. The van der Waals surface area contributed by atoms with Crippen LogP contribution in [0, 0.1) is 0 Å². The summed E-state index contributed by atoms with van der Waals surface area (Å²) in [5, 5.41) is 2.22. The van der Waals surface area contributed by atoms with Gasteiger partial charge in [0.25, 0.3) is 0 Å². The number of esters is 1. The van der Waals surface area contributed by atoms with E-state index in [0.29, 0.717) is 30.4 Å². The summed E-state index contributed by atoms with van der Waals surface area (Å²) >= 11 is 0. The molecule has 0 saturated carbocycles. The van der Waals surface area contributed by atoms with Crippen LogP contribution in [0.15, 0.2) is 95.4 Å². The second-order valence-corrected chi connectivity index (χ2v) is 11.7. The van der Waals surface area contributed by atoms with Gasteiger partial charge in [-0.25, -0.2) is 4.98 Å². The monoisotopic (exact) mass is 634 g/mol. The van der Waals surface area contributed by atoms with Gasteiger partial charge in [0.15, 0.2) is 17.1 Å². The average molecular weight is 635 g/mol. The van der Waals surface area contributed by atoms with Crippen molar-refractivity contribution in [3.8, 4) is 11.5 Å². The first-order valence-electron chi connectivity index (χ1n) is 15.7. The maximum Gasteiger partial charge on any atom is 0.308 e. The fourth-order valence-electron chi connectivity index (χ4n) is 6.06. The normalized spacial score (nSPS) is 14.4. The van der Waals surface area contributed by atoms with Crippen LogP contribution in [0.3, 0.4) is 0 Å². The van der Waals surface area contributed by atoms with Gasteiger partial charge in [-0.05, 0) is 71.7 Å². The minimum atomic E-state index is -0.621. The van der Waals surface area contributed by atoms with Gasteiger partial charge in [0, 0.05) is 25.6 Å². The molecule has 242 valence electrons. The summed E-state index contributed by atoms with van der Waals surface area (Å²) in [6.45, 7) is 2.60. The predicted octanol–water partition coefficient (Wildman–Crippen LogP) is 7.28. The number of benzene rings is 4. The van der Waals surface area contributed by atoms with E-state index >= 15 is 0 Å². The summed E-state index contributed by atoms with van der Waals surface area (Å²) in [4.78, 5) is 32.8. The molecule has 9 heteroatoms. The van der Waals surface area contributed by atoms with Crippen LogP contribution in [-0.4, -0.2) is 54.9 Å². The van der Waals surface area contributed by atoms with Crippen LogP contribution in [0.25, 0.3) is 27.9 Å². The Kier molecular flexibility index (Phi) is 9.83. The van der Waals surface area contributed by atoms with Gasteiger partial charge in [-0.2, -0.15) is 0 Å². The van der Waals surface area contributed by atoms with Gasteiger partial charge in [-0.1, -0.05) is 60.7 Å². The third kappa shape index (κ3) is 7.47. The number of methoxy groups -OCH3 is 2. The van der Waals surface area contributed by atoms with Crippen LogP contribution in [0.4, 0.5) is 0 Å². The van der Waals surface area contributed by atoms with Crippen LogP contribution in [-0.2, 0) is 25.6 Å². The zero-order valence-corrected chi connectivity index (χ0v) is 26.8. The zero-order valence-electron chi connectivity index (χ0n) is 26.8. The van der Waals surface area contributed by atoms with Gasteiger partial charge in [-0.3, -0.25) is 9.59 Å². The number of aromatic nitrogens is 1. The van der Waals surface area contributed by atoms with E-state index in [1.54, 1.807) is 0 Å². The standard InChI is InChI=1S/C38H38N2O7/c1-25(40(37(41)21-30(43-2)22-38(42)44-3)23-26-15-16-27-9-4-5-10-28(27)19-26)31(29-17-18-34-35(20-29)46-24-45-34)11-8-14-36-39-32-12-6-7-13-33(32)47-36/h4-10,12-20,25,30-31H,11,21-24H2,1-3H3/b14-8+/t25?,30-,31?/m0/s1. The number of hydrogen-bond donors (Lipinski definition) is 0. The lowest BCUT2D eigenvalue weighted by atomic mass is 9.87. The van der Waals surface area contributed by atoms with Gasteiger partial charge in [0.2, 0.25) is 18.6 Å². The van der Waals surface area contributed by atoms with E-state index in [1.807, 2.05) is 71.6 Å². The lowest BCUT2D eigenvalue weighted by molar-refractivity contribution is -0.145. The Bertz CT molecular complexity index is 1860. The minimum Gasteiger partial charge on any atom is -0.469 e. The quantitative estimate of drug-likeness (QED) is 0.125. The minimum absolute atomic E-state index is 0.0181. The Morgan fingerprint density at radius 1 is 0.915 bits per heavy atom. The van der Waals surface area contributed by atoms with E-state index in [2.05, 4.69) is 42.2 Å². The number of nitrogens with zero attached hydrogens (tertiary/aromatic N) is 2. The van der Waals surface area contributed by atoms with E-state index < -0.39 is 12.1 Å². The highest BCUT2D eigenvalue weighted by atomic mass is 16.7. The van der Waals surface area contributed by atoms with Crippen LogP contribution >= 0.6 is 0 Å².